The van der Waals surface area contributed by atoms with E-state index in [2.05, 4.69) is 10.6 Å². The molecule has 29 heavy (non-hydrogen) atoms. The number of hydrogen-bond donors (Lipinski definition) is 3. The zero-order valence-corrected chi connectivity index (χ0v) is 17.4. The number of hydrogen-bond acceptors (Lipinski definition) is 4. The molecule has 0 saturated heterocycles. The van der Waals surface area contributed by atoms with Gasteiger partial charge in [0.1, 0.15) is 5.00 Å². The minimum absolute atomic E-state index is 0.0813. The number of aliphatic carboxylic acids is 1. The summed E-state index contributed by atoms with van der Waals surface area (Å²) in [7, 11) is 0. The van der Waals surface area contributed by atoms with Gasteiger partial charge in [0, 0.05) is 10.9 Å². The van der Waals surface area contributed by atoms with Crippen molar-refractivity contribution in [1.82, 2.24) is 5.32 Å². The van der Waals surface area contributed by atoms with E-state index in [-0.39, 0.29) is 29.7 Å². The average Bonchev–Trinajstić information content (AvgIpc) is 3.45. The van der Waals surface area contributed by atoms with Crippen LogP contribution in [0, 0.1) is 23.7 Å². The summed E-state index contributed by atoms with van der Waals surface area (Å²) in [6.07, 6.45) is 9.72. The first-order valence-corrected chi connectivity index (χ1v) is 11.8. The third-order valence-electron chi connectivity index (χ3n) is 7.35. The third-order valence-corrected chi connectivity index (χ3v) is 8.56. The molecule has 1 aromatic heterocycles. The largest absolute Gasteiger partial charge is 0.481 e. The van der Waals surface area contributed by atoms with E-state index < -0.39 is 17.8 Å². The molecule has 0 aromatic carbocycles. The lowest BCUT2D eigenvalue weighted by Crippen LogP contribution is -2.49. The maximum atomic E-state index is 13.3. The molecule has 4 fully saturated rings. The van der Waals surface area contributed by atoms with E-state index in [4.69, 9.17) is 0 Å². The molecule has 1 aromatic rings. The first kappa shape index (κ1) is 19.1. The van der Waals surface area contributed by atoms with E-state index in [0.717, 1.165) is 69.8 Å². The van der Waals surface area contributed by atoms with Crippen molar-refractivity contribution in [2.24, 2.45) is 23.7 Å². The summed E-state index contributed by atoms with van der Waals surface area (Å²) in [5.41, 5.74) is 1.73. The van der Waals surface area contributed by atoms with Gasteiger partial charge in [0.15, 0.2) is 0 Å². The average molecular weight is 417 g/mol. The minimum atomic E-state index is -0.850. The molecule has 5 aliphatic carbocycles. The summed E-state index contributed by atoms with van der Waals surface area (Å²) >= 11 is 1.52. The summed E-state index contributed by atoms with van der Waals surface area (Å²) in [6.45, 7) is 0. The first-order valence-electron chi connectivity index (χ1n) is 11.0. The second-order valence-electron chi connectivity index (χ2n) is 9.22. The third kappa shape index (κ3) is 3.47. The maximum Gasteiger partial charge on any atom is 0.307 e. The highest BCUT2D eigenvalue weighted by atomic mass is 32.1. The predicted molar refractivity (Wildman–Crippen MR) is 110 cm³/mol. The fourth-order valence-corrected chi connectivity index (χ4v) is 7.05. The molecule has 0 radical (unpaired) electrons. The molecule has 6 nitrogen and oxygen atoms in total. The van der Waals surface area contributed by atoms with Crippen molar-refractivity contribution in [2.45, 2.75) is 70.3 Å². The van der Waals surface area contributed by atoms with Crippen LogP contribution in [-0.2, 0) is 22.4 Å². The number of carboxylic acid groups (broad SMARTS) is 1. The highest BCUT2D eigenvalue weighted by Crippen LogP contribution is 2.50. The van der Waals surface area contributed by atoms with E-state index >= 15 is 0 Å². The number of thiophene rings is 1. The van der Waals surface area contributed by atoms with Crippen LogP contribution >= 0.6 is 11.3 Å². The quantitative estimate of drug-likeness (QED) is 0.683. The molecule has 2 bridgehead atoms. The van der Waals surface area contributed by atoms with Crippen molar-refractivity contribution in [3.8, 4) is 0 Å². The maximum absolute atomic E-state index is 13.3. The Bertz CT molecular complexity index is 851. The zero-order chi connectivity index (χ0) is 20.1. The molecule has 4 saturated carbocycles. The number of fused-ring (bicyclic) bond motifs is 4. The molecule has 156 valence electrons. The van der Waals surface area contributed by atoms with E-state index in [0.29, 0.717) is 10.6 Å². The Morgan fingerprint density at radius 3 is 2.21 bits per heavy atom. The Hall–Kier alpha value is -1.89. The number of anilines is 1. The van der Waals surface area contributed by atoms with E-state index in [1.54, 1.807) is 0 Å². The van der Waals surface area contributed by atoms with Gasteiger partial charge >= 0.3 is 5.97 Å². The molecule has 0 aliphatic heterocycles. The fourth-order valence-electron chi connectivity index (χ4n) is 5.76. The predicted octanol–water partition coefficient (Wildman–Crippen LogP) is 3.59. The number of carboxylic acids is 1. The van der Waals surface area contributed by atoms with Gasteiger partial charge in [-0.2, -0.15) is 0 Å². The van der Waals surface area contributed by atoms with Crippen LogP contribution in [0.2, 0.25) is 0 Å². The summed E-state index contributed by atoms with van der Waals surface area (Å²) in [5.74, 6) is -1.98. The van der Waals surface area contributed by atoms with Crippen LogP contribution in [0.3, 0.4) is 0 Å². The second-order valence-corrected chi connectivity index (χ2v) is 10.3. The lowest BCUT2D eigenvalue weighted by Gasteiger charge is -2.45. The van der Waals surface area contributed by atoms with Gasteiger partial charge in [-0.3, -0.25) is 14.4 Å². The Balaban J connectivity index is 1.43. The van der Waals surface area contributed by atoms with Gasteiger partial charge in [0.05, 0.1) is 17.4 Å². The molecule has 0 unspecified atom stereocenters. The van der Waals surface area contributed by atoms with Crippen LogP contribution in [0.15, 0.2) is 0 Å². The molecular weight excluding hydrogens is 388 g/mol. The van der Waals surface area contributed by atoms with Crippen LogP contribution in [0.1, 0.15) is 72.2 Å². The van der Waals surface area contributed by atoms with Gasteiger partial charge in [-0.25, -0.2) is 0 Å². The van der Waals surface area contributed by atoms with Gasteiger partial charge in [0.25, 0.3) is 5.91 Å². The van der Waals surface area contributed by atoms with Crippen molar-refractivity contribution in [3.05, 3.63) is 16.0 Å². The van der Waals surface area contributed by atoms with Gasteiger partial charge in [0.2, 0.25) is 5.91 Å². The second kappa shape index (κ2) is 7.42. The number of rotatable bonds is 5. The van der Waals surface area contributed by atoms with Crippen LogP contribution in [-0.4, -0.2) is 28.9 Å². The SMILES string of the molecule is O=C(NC1CC1)c1c(NC(=O)[C@H]2C3CCC(CC3)[C@@H]2C(=O)O)sc2c1CCCC2. The van der Waals surface area contributed by atoms with E-state index in [1.165, 1.54) is 16.2 Å². The molecule has 2 amide bonds. The van der Waals surface area contributed by atoms with Gasteiger partial charge in [-0.05, 0) is 81.6 Å². The van der Waals surface area contributed by atoms with Crippen LogP contribution in [0.5, 0.6) is 0 Å². The normalized spacial score (nSPS) is 30.5. The standard InChI is InChI=1S/C22H28N2O4S/c25-19(16-11-5-7-12(8-6-11)17(16)22(27)28)24-21-18(20(26)23-13-9-10-13)14-3-1-2-4-15(14)29-21/h11-13,16-17H,1-10H2,(H,23,26)(H,24,25)(H,27,28)/t11?,12?,16-,17-/m0/s1. The van der Waals surface area contributed by atoms with Crippen LogP contribution in [0.4, 0.5) is 5.00 Å². The van der Waals surface area contributed by atoms with E-state index in [9.17, 15) is 19.5 Å². The fraction of sp³-hybridized carbons (Fsp3) is 0.682. The van der Waals surface area contributed by atoms with Crippen LogP contribution < -0.4 is 10.6 Å². The number of carbonyl (C=O) groups is 3. The van der Waals surface area contributed by atoms with Crippen molar-refractivity contribution >= 4 is 34.1 Å². The Labute approximate surface area is 174 Å². The van der Waals surface area contributed by atoms with Gasteiger partial charge in [-0.1, -0.05) is 0 Å². The monoisotopic (exact) mass is 416 g/mol. The summed E-state index contributed by atoms with van der Waals surface area (Å²) in [6, 6.07) is 0.260. The number of nitrogens with one attached hydrogen (secondary N) is 2. The molecule has 6 rings (SSSR count). The van der Waals surface area contributed by atoms with Crippen LogP contribution in [0.25, 0.3) is 0 Å². The molecule has 0 spiro atoms. The summed E-state index contributed by atoms with van der Waals surface area (Å²) in [5, 5.41) is 16.5. The molecule has 3 N–H and O–H groups in total. The van der Waals surface area contributed by atoms with E-state index in [1.807, 2.05) is 0 Å². The molecular formula is C22H28N2O4S. The molecule has 1 heterocycles. The van der Waals surface area contributed by atoms with Gasteiger partial charge < -0.3 is 15.7 Å². The van der Waals surface area contributed by atoms with Crippen molar-refractivity contribution < 1.29 is 19.5 Å². The highest BCUT2D eigenvalue weighted by Gasteiger charge is 2.50. The smallest absolute Gasteiger partial charge is 0.307 e. The lowest BCUT2D eigenvalue weighted by molar-refractivity contribution is -0.156. The van der Waals surface area contributed by atoms with Crippen molar-refractivity contribution in [3.63, 3.8) is 0 Å². The van der Waals surface area contributed by atoms with Crippen molar-refractivity contribution in [1.29, 1.82) is 0 Å². The molecule has 7 heteroatoms. The number of amides is 2. The van der Waals surface area contributed by atoms with Crippen molar-refractivity contribution in [2.75, 3.05) is 5.32 Å². The summed E-state index contributed by atoms with van der Waals surface area (Å²) < 4.78 is 0. The molecule has 2 atom stereocenters. The topological polar surface area (TPSA) is 95.5 Å². The first-order chi connectivity index (χ1) is 14.0. The number of aryl methyl sites for hydroxylation is 1. The Kier molecular flexibility index (Phi) is 4.88. The zero-order valence-electron chi connectivity index (χ0n) is 16.5. The highest BCUT2D eigenvalue weighted by molar-refractivity contribution is 7.17. The lowest BCUT2D eigenvalue weighted by atomic mass is 9.58. The Morgan fingerprint density at radius 1 is 0.897 bits per heavy atom. The molecule has 5 aliphatic rings. The Morgan fingerprint density at radius 2 is 1.55 bits per heavy atom. The minimum Gasteiger partial charge on any atom is -0.481 e. The summed E-state index contributed by atoms with van der Waals surface area (Å²) in [4.78, 5) is 39.4. The van der Waals surface area contributed by atoms with Gasteiger partial charge in [-0.15, -0.1) is 11.3 Å². The number of carbonyl (C=O) groups excluding carboxylic acids is 2.